The van der Waals surface area contributed by atoms with E-state index in [1.807, 2.05) is 0 Å². The van der Waals surface area contributed by atoms with Gasteiger partial charge in [0.25, 0.3) is 11.6 Å². The molecule has 1 amide bonds. The van der Waals surface area contributed by atoms with Gasteiger partial charge in [-0.05, 0) is 30.3 Å². The normalized spacial score (nSPS) is 12.0. The number of amides is 1. The second kappa shape index (κ2) is 5.12. The highest BCUT2D eigenvalue weighted by Gasteiger charge is 2.16. The van der Waals surface area contributed by atoms with Crippen molar-refractivity contribution in [3.63, 3.8) is 0 Å². The first-order valence-corrected chi connectivity index (χ1v) is 6.09. The molecule has 1 heterocycles. The molecule has 0 saturated carbocycles. The summed E-state index contributed by atoms with van der Waals surface area (Å²) in [4.78, 5) is 22.2. The number of non-ortho nitro benzene ring substituents is 1. The number of ether oxygens (including phenoxy) is 2. The molecular weight excluding hydrogens is 276 g/mol. The first kappa shape index (κ1) is 12.9. The highest BCUT2D eigenvalue weighted by atomic mass is 16.7. The highest BCUT2D eigenvalue weighted by molar-refractivity contribution is 6.04. The van der Waals surface area contributed by atoms with Crippen molar-refractivity contribution in [3.05, 3.63) is 58.1 Å². The largest absolute Gasteiger partial charge is 0.454 e. The molecule has 0 aromatic heterocycles. The van der Waals surface area contributed by atoms with Gasteiger partial charge in [-0.3, -0.25) is 14.9 Å². The van der Waals surface area contributed by atoms with E-state index in [1.165, 1.54) is 24.3 Å². The molecule has 0 spiro atoms. The minimum Gasteiger partial charge on any atom is -0.454 e. The number of nitrogens with zero attached hydrogens (tertiary/aromatic N) is 1. The summed E-state index contributed by atoms with van der Waals surface area (Å²) in [5.41, 5.74) is 0.858. The van der Waals surface area contributed by atoms with Crippen LogP contribution in [0.1, 0.15) is 10.4 Å². The van der Waals surface area contributed by atoms with Gasteiger partial charge in [0.15, 0.2) is 11.5 Å². The van der Waals surface area contributed by atoms with Gasteiger partial charge in [-0.1, -0.05) is 0 Å². The molecule has 0 bridgehead atoms. The van der Waals surface area contributed by atoms with Crippen molar-refractivity contribution in [2.75, 3.05) is 12.1 Å². The zero-order valence-corrected chi connectivity index (χ0v) is 10.7. The molecule has 0 unspecified atom stereocenters. The molecule has 1 N–H and O–H groups in total. The standard InChI is InChI=1S/C14H10N2O5/c17-14(9-1-6-12-13(7-9)21-8-20-12)15-10-2-4-11(5-3-10)16(18)19/h1-7H,8H2,(H,15,17). The van der Waals surface area contributed by atoms with Crippen LogP contribution in [0, 0.1) is 10.1 Å². The van der Waals surface area contributed by atoms with Gasteiger partial charge in [0.05, 0.1) is 4.92 Å². The number of hydrogen-bond acceptors (Lipinski definition) is 5. The zero-order chi connectivity index (χ0) is 14.8. The van der Waals surface area contributed by atoms with Crippen LogP contribution in [0.5, 0.6) is 11.5 Å². The number of nitro benzene ring substituents is 1. The average Bonchev–Trinajstić information content (AvgIpc) is 2.95. The Morgan fingerprint density at radius 1 is 1.10 bits per heavy atom. The Morgan fingerprint density at radius 2 is 1.81 bits per heavy atom. The monoisotopic (exact) mass is 286 g/mol. The summed E-state index contributed by atoms with van der Waals surface area (Å²) in [5.74, 6) is 0.787. The molecule has 2 aromatic carbocycles. The number of benzene rings is 2. The summed E-state index contributed by atoms with van der Waals surface area (Å²) in [6.45, 7) is 0.142. The van der Waals surface area contributed by atoms with Gasteiger partial charge >= 0.3 is 0 Å². The molecular formula is C14H10N2O5. The Kier molecular flexibility index (Phi) is 3.15. The molecule has 0 saturated heterocycles. The van der Waals surface area contributed by atoms with Gasteiger partial charge in [0, 0.05) is 23.4 Å². The van der Waals surface area contributed by atoms with Crippen LogP contribution in [-0.4, -0.2) is 17.6 Å². The maximum Gasteiger partial charge on any atom is 0.269 e. The van der Waals surface area contributed by atoms with E-state index in [0.29, 0.717) is 22.7 Å². The van der Waals surface area contributed by atoms with Gasteiger partial charge in [0.1, 0.15) is 0 Å². The lowest BCUT2D eigenvalue weighted by molar-refractivity contribution is -0.384. The summed E-state index contributed by atoms with van der Waals surface area (Å²) in [6.07, 6.45) is 0. The summed E-state index contributed by atoms with van der Waals surface area (Å²) in [5, 5.41) is 13.2. The summed E-state index contributed by atoms with van der Waals surface area (Å²) < 4.78 is 10.4. The molecule has 106 valence electrons. The Morgan fingerprint density at radius 3 is 2.52 bits per heavy atom. The Labute approximate surface area is 119 Å². The minimum absolute atomic E-state index is 0.0314. The first-order valence-electron chi connectivity index (χ1n) is 6.09. The molecule has 0 radical (unpaired) electrons. The average molecular weight is 286 g/mol. The van der Waals surface area contributed by atoms with Gasteiger partial charge in [-0.25, -0.2) is 0 Å². The van der Waals surface area contributed by atoms with Gasteiger partial charge in [-0.15, -0.1) is 0 Å². The lowest BCUT2D eigenvalue weighted by Gasteiger charge is -2.05. The number of hydrogen-bond donors (Lipinski definition) is 1. The van der Waals surface area contributed by atoms with Crippen LogP contribution >= 0.6 is 0 Å². The number of nitrogens with one attached hydrogen (secondary N) is 1. The Balaban J connectivity index is 1.75. The molecule has 0 aliphatic carbocycles. The lowest BCUT2D eigenvalue weighted by atomic mass is 10.2. The number of carbonyl (C=O) groups is 1. The van der Waals surface area contributed by atoms with E-state index in [-0.39, 0.29) is 18.4 Å². The molecule has 1 aliphatic rings. The van der Waals surface area contributed by atoms with Crippen LogP contribution in [0.25, 0.3) is 0 Å². The third kappa shape index (κ3) is 2.62. The van der Waals surface area contributed by atoms with Gasteiger partial charge in [0.2, 0.25) is 6.79 Å². The van der Waals surface area contributed by atoms with Crippen LogP contribution in [0.2, 0.25) is 0 Å². The summed E-state index contributed by atoms with van der Waals surface area (Å²) in [7, 11) is 0. The number of rotatable bonds is 3. The predicted octanol–water partition coefficient (Wildman–Crippen LogP) is 2.58. The Hall–Kier alpha value is -3.09. The molecule has 3 rings (SSSR count). The summed E-state index contributed by atoms with van der Waals surface area (Å²) >= 11 is 0. The van der Waals surface area contributed by atoms with Crippen molar-refractivity contribution < 1.29 is 19.2 Å². The van der Waals surface area contributed by atoms with Gasteiger partial charge in [-0.2, -0.15) is 0 Å². The van der Waals surface area contributed by atoms with E-state index < -0.39 is 4.92 Å². The van der Waals surface area contributed by atoms with E-state index in [1.54, 1.807) is 18.2 Å². The van der Waals surface area contributed by atoms with Crippen molar-refractivity contribution in [2.24, 2.45) is 0 Å². The van der Waals surface area contributed by atoms with Crippen molar-refractivity contribution in [3.8, 4) is 11.5 Å². The quantitative estimate of drug-likeness (QED) is 0.691. The zero-order valence-electron chi connectivity index (χ0n) is 10.7. The van der Waals surface area contributed by atoms with Crippen LogP contribution in [-0.2, 0) is 0 Å². The molecule has 0 atom stereocenters. The van der Waals surface area contributed by atoms with Crippen LogP contribution in [0.15, 0.2) is 42.5 Å². The SMILES string of the molecule is O=C(Nc1ccc([N+](=O)[O-])cc1)c1ccc2c(c1)OCO2. The van der Waals surface area contributed by atoms with Crippen molar-refractivity contribution >= 4 is 17.3 Å². The maximum absolute atomic E-state index is 12.1. The second-order valence-electron chi connectivity index (χ2n) is 4.33. The lowest BCUT2D eigenvalue weighted by Crippen LogP contribution is -2.11. The van der Waals surface area contributed by atoms with Crippen molar-refractivity contribution in [1.29, 1.82) is 0 Å². The predicted molar refractivity (Wildman–Crippen MR) is 73.6 cm³/mol. The number of carbonyl (C=O) groups excluding carboxylic acids is 1. The Bertz CT molecular complexity index is 712. The molecule has 7 nitrogen and oxygen atoms in total. The molecule has 1 aliphatic heterocycles. The molecule has 2 aromatic rings. The number of anilines is 1. The molecule has 7 heteroatoms. The fraction of sp³-hybridized carbons (Fsp3) is 0.0714. The van der Waals surface area contributed by atoms with Crippen LogP contribution in [0.4, 0.5) is 11.4 Å². The second-order valence-corrected chi connectivity index (χ2v) is 4.33. The molecule has 0 fully saturated rings. The van der Waals surface area contributed by atoms with Crippen molar-refractivity contribution in [1.82, 2.24) is 0 Å². The highest BCUT2D eigenvalue weighted by Crippen LogP contribution is 2.32. The van der Waals surface area contributed by atoms with E-state index in [2.05, 4.69) is 5.32 Å². The van der Waals surface area contributed by atoms with E-state index in [9.17, 15) is 14.9 Å². The third-order valence-corrected chi connectivity index (χ3v) is 2.97. The van der Waals surface area contributed by atoms with E-state index in [4.69, 9.17) is 9.47 Å². The summed E-state index contributed by atoms with van der Waals surface area (Å²) in [6, 6.07) is 10.5. The smallest absolute Gasteiger partial charge is 0.269 e. The van der Waals surface area contributed by atoms with E-state index in [0.717, 1.165) is 0 Å². The van der Waals surface area contributed by atoms with E-state index >= 15 is 0 Å². The fourth-order valence-corrected chi connectivity index (χ4v) is 1.91. The third-order valence-electron chi connectivity index (χ3n) is 2.97. The first-order chi connectivity index (χ1) is 10.1. The van der Waals surface area contributed by atoms with Crippen molar-refractivity contribution in [2.45, 2.75) is 0 Å². The maximum atomic E-state index is 12.1. The van der Waals surface area contributed by atoms with Crippen LogP contribution < -0.4 is 14.8 Å². The molecule has 21 heavy (non-hydrogen) atoms. The van der Waals surface area contributed by atoms with Crippen LogP contribution in [0.3, 0.4) is 0 Å². The topological polar surface area (TPSA) is 90.7 Å². The number of fused-ring (bicyclic) bond motifs is 1. The number of nitro groups is 1. The fourth-order valence-electron chi connectivity index (χ4n) is 1.91. The minimum atomic E-state index is -0.497. The van der Waals surface area contributed by atoms with Gasteiger partial charge < -0.3 is 14.8 Å².